The van der Waals surface area contributed by atoms with Crippen LogP contribution >= 0.6 is 11.3 Å². The Morgan fingerprint density at radius 1 is 1.11 bits per heavy atom. The van der Waals surface area contributed by atoms with Crippen molar-refractivity contribution >= 4 is 38.9 Å². The molecule has 0 aliphatic carbocycles. The second kappa shape index (κ2) is 4.58. The smallest absolute Gasteiger partial charge is 0.151 e. The van der Waals surface area contributed by atoms with Crippen LogP contribution in [0.2, 0.25) is 0 Å². The molecule has 90 valence electrons. The topological polar surface area (TPSA) is 62.7 Å². The molecule has 3 heterocycles. The average molecular weight is 257 g/mol. The van der Waals surface area contributed by atoms with Gasteiger partial charge in [0.15, 0.2) is 5.82 Å². The van der Waals surface area contributed by atoms with Gasteiger partial charge in [0.1, 0.15) is 12.1 Å². The number of rotatable bonds is 3. The minimum Gasteiger partial charge on any atom is -0.373 e. The monoisotopic (exact) mass is 257 g/mol. The summed E-state index contributed by atoms with van der Waals surface area (Å²) in [6.45, 7) is 0. The molecule has 0 bridgehead atoms. The van der Waals surface area contributed by atoms with E-state index in [-0.39, 0.29) is 0 Å². The minimum absolute atomic E-state index is 0.814. The highest BCUT2D eigenvalue weighted by atomic mass is 32.1. The van der Waals surface area contributed by atoms with Crippen molar-refractivity contribution in [3.05, 3.63) is 36.1 Å². The Bertz CT molecular complexity index is 662. The van der Waals surface area contributed by atoms with E-state index in [1.165, 1.54) is 0 Å². The third-order valence-corrected chi connectivity index (χ3v) is 3.44. The molecule has 18 heavy (non-hydrogen) atoms. The first-order chi connectivity index (χ1) is 8.86. The Balaban J connectivity index is 1.93. The molecule has 0 radical (unpaired) electrons. The van der Waals surface area contributed by atoms with Gasteiger partial charge >= 0.3 is 0 Å². The molecule has 0 unspecified atom stereocenters. The van der Waals surface area contributed by atoms with E-state index in [2.05, 4.69) is 25.6 Å². The lowest BCUT2D eigenvalue weighted by Crippen LogP contribution is -1.96. The zero-order chi connectivity index (χ0) is 12.4. The first kappa shape index (κ1) is 10.9. The average Bonchev–Trinajstić information content (AvgIpc) is 2.89. The third-order valence-electron chi connectivity index (χ3n) is 2.53. The lowest BCUT2D eigenvalue weighted by molar-refractivity contribution is 1.22. The van der Waals surface area contributed by atoms with Crippen LogP contribution in [0.1, 0.15) is 0 Å². The first-order valence-corrected chi connectivity index (χ1v) is 6.34. The number of nitrogens with zero attached hydrogens (tertiary/aromatic N) is 3. The summed E-state index contributed by atoms with van der Waals surface area (Å²) in [6.07, 6.45) is 3.33. The minimum atomic E-state index is 0.814. The SMILES string of the molecule is CNc1ccc(Nc2ncnc3ccsc23)cn1. The molecule has 0 spiro atoms. The number of thiophene rings is 1. The van der Waals surface area contributed by atoms with Crippen molar-refractivity contribution in [3.8, 4) is 0 Å². The summed E-state index contributed by atoms with van der Waals surface area (Å²) in [6, 6.07) is 5.85. The fourth-order valence-corrected chi connectivity index (χ4v) is 2.42. The van der Waals surface area contributed by atoms with E-state index in [0.717, 1.165) is 27.5 Å². The second-order valence-corrected chi connectivity index (χ2v) is 4.58. The van der Waals surface area contributed by atoms with Crippen LogP contribution in [0.3, 0.4) is 0 Å². The molecule has 0 fully saturated rings. The van der Waals surface area contributed by atoms with E-state index in [4.69, 9.17) is 0 Å². The molecule has 0 saturated heterocycles. The zero-order valence-electron chi connectivity index (χ0n) is 9.71. The van der Waals surface area contributed by atoms with Crippen molar-refractivity contribution in [1.29, 1.82) is 0 Å². The van der Waals surface area contributed by atoms with Crippen molar-refractivity contribution in [2.45, 2.75) is 0 Å². The van der Waals surface area contributed by atoms with E-state index >= 15 is 0 Å². The van der Waals surface area contributed by atoms with E-state index in [1.807, 2.05) is 30.6 Å². The highest BCUT2D eigenvalue weighted by molar-refractivity contribution is 7.17. The number of aromatic nitrogens is 3. The predicted molar refractivity (Wildman–Crippen MR) is 74.5 cm³/mol. The first-order valence-electron chi connectivity index (χ1n) is 5.46. The van der Waals surface area contributed by atoms with Crippen molar-refractivity contribution in [3.63, 3.8) is 0 Å². The maximum Gasteiger partial charge on any atom is 0.151 e. The van der Waals surface area contributed by atoms with E-state index in [1.54, 1.807) is 23.9 Å². The number of anilines is 3. The van der Waals surface area contributed by atoms with Gasteiger partial charge in [-0.2, -0.15) is 0 Å². The van der Waals surface area contributed by atoms with E-state index in [9.17, 15) is 0 Å². The molecular weight excluding hydrogens is 246 g/mol. The summed E-state index contributed by atoms with van der Waals surface area (Å²) in [5, 5.41) is 8.24. The van der Waals surface area contributed by atoms with Crippen LogP contribution in [0.5, 0.6) is 0 Å². The molecule has 0 saturated carbocycles. The van der Waals surface area contributed by atoms with Gasteiger partial charge < -0.3 is 10.6 Å². The molecule has 0 aliphatic rings. The van der Waals surface area contributed by atoms with E-state index < -0.39 is 0 Å². The summed E-state index contributed by atoms with van der Waals surface area (Å²) in [4.78, 5) is 12.7. The van der Waals surface area contributed by atoms with Gasteiger partial charge in [0.25, 0.3) is 0 Å². The second-order valence-electron chi connectivity index (χ2n) is 3.66. The van der Waals surface area contributed by atoms with Crippen molar-refractivity contribution < 1.29 is 0 Å². The molecule has 3 aromatic heterocycles. The molecule has 0 atom stereocenters. The van der Waals surface area contributed by atoms with Gasteiger partial charge in [-0.1, -0.05) is 0 Å². The van der Waals surface area contributed by atoms with Gasteiger partial charge in [-0.05, 0) is 23.6 Å². The normalized spacial score (nSPS) is 10.5. The molecule has 3 aromatic rings. The van der Waals surface area contributed by atoms with Gasteiger partial charge in [0.2, 0.25) is 0 Å². The Morgan fingerprint density at radius 2 is 2.06 bits per heavy atom. The fourth-order valence-electron chi connectivity index (χ4n) is 1.63. The van der Waals surface area contributed by atoms with Crippen LogP contribution in [0, 0.1) is 0 Å². The lowest BCUT2D eigenvalue weighted by Gasteiger charge is -2.06. The zero-order valence-corrected chi connectivity index (χ0v) is 10.5. The Labute approximate surface area is 108 Å². The number of pyridine rings is 1. The summed E-state index contributed by atoms with van der Waals surface area (Å²) in [5.74, 6) is 1.65. The number of hydrogen-bond donors (Lipinski definition) is 2. The molecule has 6 heteroatoms. The van der Waals surface area contributed by atoms with Gasteiger partial charge in [-0.15, -0.1) is 11.3 Å². The molecule has 0 aromatic carbocycles. The molecular formula is C12H11N5S. The Hall–Kier alpha value is -2.21. The van der Waals surface area contributed by atoms with Crippen LogP contribution in [-0.4, -0.2) is 22.0 Å². The number of fused-ring (bicyclic) bond motifs is 1. The van der Waals surface area contributed by atoms with Crippen LogP contribution < -0.4 is 10.6 Å². The van der Waals surface area contributed by atoms with Gasteiger partial charge in [0.05, 0.1) is 22.1 Å². The van der Waals surface area contributed by atoms with Gasteiger partial charge in [-0.3, -0.25) is 0 Å². The fraction of sp³-hybridized carbons (Fsp3) is 0.0833. The van der Waals surface area contributed by atoms with Crippen LogP contribution in [0.15, 0.2) is 36.1 Å². The Kier molecular flexibility index (Phi) is 2.77. The molecule has 2 N–H and O–H groups in total. The van der Waals surface area contributed by atoms with Crippen LogP contribution in [0.4, 0.5) is 17.3 Å². The molecule has 0 aliphatic heterocycles. The summed E-state index contributed by atoms with van der Waals surface area (Å²) >= 11 is 1.62. The van der Waals surface area contributed by atoms with Gasteiger partial charge in [-0.25, -0.2) is 15.0 Å². The van der Waals surface area contributed by atoms with Crippen molar-refractivity contribution in [1.82, 2.24) is 15.0 Å². The van der Waals surface area contributed by atoms with Gasteiger partial charge in [0, 0.05) is 7.05 Å². The lowest BCUT2D eigenvalue weighted by atomic mass is 10.4. The van der Waals surface area contributed by atoms with Crippen LogP contribution in [-0.2, 0) is 0 Å². The molecule has 3 rings (SSSR count). The molecule has 5 nitrogen and oxygen atoms in total. The maximum absolute atomic E-state index is 4.26. The summed E-state index contributed by atoms with van der Waals surface area (Å²) < 4.78 is 1.05. The summed E-state index contributed by atoms with van der Waals surface area (Å²) in [7, 11) is 1.84. The largest absolute Gasteiger partial charge is 0.373 e. The molecule has 0 amide bonds. The highest BCUT2D eigenvalue weighted by Gasteiger charge is 2.05. The highest BCUT2D eigenvalue weighted by Crippen LogP contribution is 2.27. The third kappa shape index (κ3) is 1.98. The number of nitrogens with one attached hydrogen (secondary N) is 2. The van der Waals surface area contributed by atoms with Crippen molar-refractivity contribution in [2.75, 3.05) is 17.7 Å². The Morgan fingerprint density at radius 3 is 2.83 bits per heavy atom. The quantitative estimate of drug-likeness (QED) is 0.755. The predicted octanol–water partition coefficient (Wildman–Crippen LogP) is 2.87. The van der Waals surface area contributed by atoms with Crippen LogP contribution in [0.25, 0.3) is 10.2 Å². The number of hydrogen-bond acceptors (Lipinski definition) is 6. The standard InChI is InChI=1S/C12H11N5S/c1-13-10-3-2-8(6-14-10)17-12-11-9(4-5-18-11)15-7-16-12/h2-7H,1H3,(H,13,14)(H,15,16,17). The summed E-state index contributed by atoms with van der Waals surface area (Å²) in [5.41, 5.74) is 1.86. The van der Waals surface area contributed by atoms with Crippen molar-refractivity contribution in [2.24, 2.45) is 0 Å². The van der Waals surface area contributed by atoms with E-state index in [0.29, 0.717) is 0 Å². The maximum atomic E-state index is 4.26.